The van der Waals surface area contributed by atoms with E-state index in [1.807, 2.05) is 0 Å². The Bertz CT molecular complexity index is 1210. The standard InChI is InChI=1S/C25H31FN4O6S/c1-35-22-13-19(6-7-23(22)37(33,34)30-20-14-36-15-20)28-25(32)21(12-16-8-10-27-11-9-16)29-24(31)17-2-4-18(26)5-3-17/h2-7,13,16,20-21,27,30H,8-12,14-15H2,1H3,(H,28,32)(H,29,31)/t21-/m0/s1. The molecule has 0 spiro atoms. The SMILES string of the molecule is COc1cc(NC(=O)[C@H](CC2CCNCC2)NC(=O)c2ccc(F)cc2)ccc1S(=O)(=O)NC1COC1. The van der Waals surface area contributed by atoms with E-state index in [9.17, 15) is 22.4 Å². The molecule has 2 aromatic rings. The molecule has 10 nitrogen and oxygen atoms in total. The fourth-order valence-electron chi connectivity index (χ4n) is 4.31. The molecule has 2 aliphatic rings. The number of halogens is 1. The summed E-state index contributed by atoms with van der Waals surface area (Å²) in [6, 6.07) is 8.19. The molecule has 2 fully saturated rings. The van der Waals surface area contributed by atoms with E-state index in [1.54, 1.807) is 0 Å². The number of carbonyl (C=O) groups is 2. The van der Waals surface area contributed by atoms with Crippen LogP contribution in [0.1, 0.15) is 29.6 Å². The molecule has 2 aromatic carbocycles. The molecular formula is C25H31FN4O6S. The normalized spacial score (nSPS) is 17.5. The van der Waals surface area contributed by atoms with Gasteiger partial charge in [0.15, 0.2) is 0 Å². The van der Waals surface area contributed by atoms with E-state index in [2.05, 4.69) is 20.7 Å². The van der Waals surface area contributed by atoms with Crippen LogP contribution in [-0.2, 0) is 19.6 Å². The van der Waals surface area contributed by atoms with E-state index in [1.165, 1.54) is 49.6 Å². The van der Waals surface area contributed by atoms with Crippen LogP contribution in [0.15, 0.2) is 47.4 Å². The van der Waals surface area contributed by atoms with Gasteiger partial charge in [-0.25, -0.2) is 17.5 Å². The van der Waals surface area contributed by atoms with E-state index in [0.717, 1.165) is 25.9 Å². The third kappa shape index (κ3) is 7.04. The zero-order chi connectivity index (χ0) is 26.4. The minimum Gasteiger partial charge on any atom is -0.495 e. The minimum absolute atomic E-state index is 0.0595. The highest BCUT2D eigenvalue weighted by Crippen LogP contribution is 2.28. The van der Waals surface area contributed by atoms with Gasteiger partial charge in [-0.05, 0) is 74.7 Å². The number of rotatable bonds is 10. The van der Waals surface area contributed by atoms with Gasteiger partial charge in [-0.3, -0.25) is 9.59 Å². The summed E-state index contributed by atoms with van der Waals surface area (Å²) in [5.74, 6) is -1.10. The van der Waals surface area contributed by atoms with Gasteiger partial charge in [0.25, 0.3) is 5.91 Å². The smallest absolute Gasteiger partial charge is 0.251 e. The lowest BCUT2D eigenvalue weighted by Gasteiger charge is -2.27. The van der Waals surface area contributed by atoms with Crippen LogP contribution >= 0.6 is 0 Å². The highest BCUT2D eigenvalue weighted by atomic mass is 32.2. The Morgan fingerprint density at radius 2 is 1.84 bits per heavy atom. The zero-order valence-corrected chi connectivity index (χ0v) is 21.3. The molecule has 2 aliphatic heterocycles. The topological polar surface area (TPSA) is 135 Å². The van der Waals surface area contributed by atoms with Crippen molar-refractivity contribution < 1.29 is 31.9 Å². The van der Waals surface area contributed by atoms with Crippen LogP contribution in [0.3, 0.4) is 0 Å². The monoisotopic (exact) mass is 534 g/mol. The summed E-state index contributed by atoms with van der Waals surface area (Å²) >= 11 is 0. The first kappa shape index (κ1) is 27.0. The first-order valence-corrected chi connectivity index (χ1v) is 13.6. The second-order valence-corrected chi connectivity index (χ2v) is 10.9. The number of hydrogen-bond acceptors (Lipinski definition) is 7. The molecule has 4 N–H and O–H groups in total. The van der Waals surface area contributed by atoms with Crippen molar-refractivity contribution in [1.82, 2.24) is 15.4 Å². The molecule has 12 heteroatoms. The van der Waals surface area contributed by atoms with Crippen LogP contribution in [0.4, 0.5) is 10.1 Å². The summed E-state index contributed by atoms with van der Waals surface area (Å²) in [5.41, 5.74) is 0.559. The molecule has 1 atom stereocenters. The summed E-state index contributed by atoms with van der Waals surface area (Å²) < 4.78 is 51.6. The molecule has 0 radical (unpaired) electrons. The Balaban J connectivity index is 1.50. The van der Waals surface area contributed by atoms with Gasteiger partial charge in [-0.1, -0.05) is 0 Å². The lowest BCUT2D eigenvalue weighted by molar-refractivity contribution is -0.118. The van der Waals surface area contributed by atoms with E-state index in [0.29, 0.717) is 25.3 Å². The Kier molecular flexibility index (Phi) is 8.75. The van der Waals surface area contributed by atoms with Crippen LogP contribution < -0.4 is 25.4 Å². The van der Waals surface area contributed by atoms with Crippen molar-refractivity contribution in [3.8, 4) is 5.75 Å². The van der Waals surface area contributed by atoms with Gasteiger partial charge >= 0.3 is 0 Å². The average molecular weight is 535 g/mol. The van der Waals surface area contributed by atoms with Crippen LogP contribution in [0.25, 0.3) is 0 Å². The molecule has 0 saturated carbocycles. The molecule has 0 bridgehead atoms. The number of methoxy groups -OCH3 is 1. The molecule has 4 rings (SSSR count). The minimum atomic E-state index is -3.85. The molecule has 0 aliphatic carbocycles. The number of piperidine rings is 1. The van der Waals surface area contributed by atoms with Gasteiger partial charge in [-0.15, -0.1) is 0 Å². The van der Waals surface area contributed by atoms with Crippen molar-refractivity contribution in [3.05, 3.63) is 53.8 Å². The van der Waals surface area contributed by atoms with Gasteiger partial charge in [-0.2, -0.15) is 0 Å². The van der Waals surface area contributed by atoms with Gasteiger partial charge in [0.2, 0.25) is 15.9 Å². The zero-order valence-electron chi connectivity index (χ0n) is 20.5. The first-order chi connectivity index (χ1) is 17.7. The number of amides is 2. The number of nitrogens with one attached hydrogen (secondary N) is 4. The number of benzene rings is 2. The predicted octanol–water partition coefficient (Wildman–Crippen LogP) is 1.64. The molecule has 37 heavy (non-hydrogen) atoms. The third-order valence-electron chi connectivity index (χ3n) is 6.44. The van der Waals surface area contributed by atoms with Crippen molar-refractivity contribution in [2.24, 2.45) is 5.92 Å². The van der Waals surface area contributed by atoms with E-state index >= 15 is 0 Å². The van der Waals surface area contributed by atoms with Crippen molar-refractivity contribution >= 4 is 27.5 Å². The van der Waals surface area contributed by atoms with Crippen LogP contribution in [0.2, 0.25) is 0 Å². The van der Waals surface area contributed by atoms with Crippen molar-refractivity contribution in [1.29, 1.82) is 0 Å². The summed E-state index contributed by atoms with van der Waals surface area (Å²) in [6.07, 6.45) is 2.17. The summed E-state index contributed by atoms with van der Waals surface area (Å²) in [6.45, 7) is 2.27. The van der Waals surface area contributed by atoms with Crippen molar-refractivity contribution in [2.75, 3.05) is 38.7 Å². The molecule has 2 heterocycles. The third-order valence-corrected chi connectivity index (χ3v) is 8.00. The fraction of sp³-hybridized carbons (Fsp3) is 0.440. The number of hydrogen-bond donors (Lipinski definition) is 4. The fourth-order valence-corrected chi connectivity index (χ4v) is 5.66. The van der Waals surface area contributed by atoms with Crippen molar-refractivity contribution in [3.63, 3.8) is 0 Å². The van der Waals surface area contributed by atoms with Crippen LogP contribution in [-0.4, -0.2) is 65.7 Å². The Hall–Kier alpha value is -3.06. The summed E-state index contributed by atoms with van der Waals surface area (Å²) in [7, 11) is -2.51. The molecule has 0 unspecified atom stereocenters. The molecule has 2 amide bonds. The van der Waals surface area contributed by atoms with Crippen molar-refractivity contribution in [2.45, 2.75) is 36.2 Å². The maximum absolute atomic E-state index is 13.3. The summed E-state index contributed by atoms with van der Waals surface area (Å²) in [5, 5.41) is 8.83. The van der Waals surface area contributed by atoms with Crippen LogP contribution in [0, 0.1) is 11.7 Å². The van der Waals surface area contributed by atoms with Crippen LogP contribution in [0.5, 0.6) is 5.75 Å². The second kappa shape index (κ2) is 12.0. The highest BCUT2D eigenvalue weighted by molar-refractivity contribution is 7.89. The van der Waals surface area contributed by atoms with E-state index in [4.69, 9.17) is 9.47 Å². The number of anilines is 1. The van der Waals surface area contributed by atoms with E-state index < -0.39 is 33.7 Å². The maximum atomic E-state index is 13.3. The number of carbonyl (C=O) groups excluding carboxylic acids is 2. The quantitative estimate of drug-likeness (QED) is 0.364. The molecular weight excluding hydrogens is 503 g/mol. The van der Waals surface area contributed by atoms with Gasteiger partial charge in [0.05, 0.1) is 26.4 Å². The average Bonchev–Trinajstić information content (AvgIpc) is 2.86. The second-order valence-electron chi connectivity index (χ2n) is 9.17. The Labute approximate surface area is 215 Å². The Morgan fingerprint density at radius 1 is 1.14 bits per heavy atom. The Morgan fingerprint density at radius 3 is 2.46 bits per heavy atom. The molecule has 0 aromatic heterocycles. The maximum Gasteiger partial charge on any atom is 0.251 e. The number of ether oxygens (including phenoxy) is 2. The molecule has 200 valence electrons. The lowest BCUT2D eigenvalue weighted by Crippen LogP contribution is -2.48. The van der Waals surface area contributed by atoms with Gasteiger partial charge in [0.1, 0.15) is 22.5 Å². The first-order valence-electron chi connectivity index (χ1n) is 12.1. The molecule has 2 saturated heterocycles. The van der Waals surface area contributed by atoms with Gasteiger partial charge < -0.3 is 25.4 Å². The predicted molar refractivity (Wildman–Crippen MR) is 134 cm³/mol. The largest absolute Gasteiger partial charge is 0.495 e. The van der Waals surface area contributed by atoms with E-state index in [-0.39, 0.29) is 28.2 Å². The number of sulfonamides is 1. The lowest BCUT2D eigenvalue weighted by atomic mass is 9.90. The summed E-state index contributed by atoms with van der Waals surface area (Å²) in [4.78, 5) is 26.0. The van der Waals surface area contributed by atoms with Gasteiger partial charge in [0, 0.05) is 17.3 Å². The highest BCUT2D eigenvalue weighted by Gasteiger charge is 2.29.